The molecular weight excluding hydrogens is 448 g/mol. The summed E-state index contributed by atoms with van der Waals surface area (Å²) in [7, 11) is 0. The third-order valence-electron chi connectivity index (χ3n) is 6.00. The lowest BCUT2D eigenvalue weighted by atomic mass is 9.96. The van der Waals surface area contributed by atoms with Crippen LogP contribution in [0.5, 0.6) is 0 Å². The number of amides is 2. The van der Waals surface area contributed by atoms with Crippen molar-refractivity contribution in [3.05, 3.63) is 84.0 Å². The van der Waals surface area contributed by atoms with Crippen LogP contribution < -0.4 is 10.6 Å². The van der Waals surface area contributed by atoms with E-state index < -0.39 is 23.6 Å². The van der Waals surface area contributed by atoms with E-state index in [2.05, 4.69) is 22.8 Å². The van der Waals surface area contributed by atoms with Gasteiger partial charge in [-0.1, -0.05) is 66.8 Å². The Bertz CT molecular complexity index is 1110. The van der Waals surface area contributed by atoms with E-state index in [-0.39, 0.29) is 32.4 Å². The van der Waals surface area contributed by atoms with Crippen LogP contribution in [0.15, 0.2) is 72.8 Å². The number of esters is 1. The summed E-state index contributed by atoms with van der Waals surface area (Å²) in [5, 5.41) is 5.06. The predicted molar refractivity (Wildman–Crippen MR) is 129 cm³/mol. The van der Waals surface area contributed by atoms with Crippen molar-refractivity contribution in [3.8, 4) is 11.1 Å². The van der Waals surface area contributed by atoms with Crippen LogP contribution in [0.3, 0.4) is 0 Å². The molecule has 182 valence electrons. The molecule has 0 radical (unpaired) electrons. The minimum atomic E-state index is -0.839. The number of fused-ring (bicyclic) bond motifs is 3. The summed E-state index contributed by atoms with van der Waals surface area (Å²) < 4.78 is 16.3. The summed E-state index contributed by atoms with van der Waals surface area (Å²) in [6.45, 7) is 1.17. The lowest BCUT2D eigenvalue weighted by Crippen LogP contribution is -2.43. The number of nitrogens with one attached hydrogen (secondary N) is 2. The minimum Gasteiger partial charge on any atom is -0.462 e. The Morgan fingerprint density at radius 1 is 0.943 bits per heavy atom. The van der Waals surface area contributed by atoms with Crippen LogP contribution in [0.4, 0.5) is 4.79 Å². The molecule has 2 amide bonds. The average Bonchev–Trinajstić information content (AvgIpc) is 3.19. The Morgan fingerprint density at radius 2 is 1.63 bits per heavy atom. The highest BCUT2D eigenvalue weighted by Crippen LogP contribution is 2.44. The summed E-state index contributed by atoms with van der Waals surface area (Å²) >= 11 is 0. The van der Waals surface area contributed by atoms with E-state index in [0.29, 0.717) is 6.42 Å². The second kappa shape index (κ2) is 11.0. The zero-order valence-corrected chi connectivity index (χ0v) is 19.5. The van der Waals surface area contributed by atoms with Crippen LogP contribution in [-0.4, -0.2) is 50.1 Å². The second-order valence-electron chi connectivity index (χ2n) is 8.40. The standard InChI is InChI=1S/C27H28N2O6/c1-19(30)34-17-27(13-7-2-8-14-27)35-18-29-25(31)15-28-26(32)33-16-24-22-11-5-3-9-20(22)21-10-4-6-12-23(21)24/h2-13,24H,14-18H2,1H3,(H,28,32)(H,29,31). The quantitative estimate of drug-likeness (QED) is 0.425. The highest BCUT2D eigenvalue weighted by molar-refractivity contribution is 5.82. The molecule has 2 aliphatic rings. The molecular formula is C27H28N2O6. The van der Waals surface area contributed by atoms with Crippen LogP contribution >= 0.6 is 0 Å². The van der Waals surface area contributed by atoms with Crippen LogP contribution in [0.25, 0.3) is 11.1 Å². The molecule has 35 heavy (non-hydrogen) atoms. The molecule has 0 saturated heterocycles. The maximum absolute atomic E-state index is 12.2. The fourth-order valence-corrected chi connectivity index (χ4v) is 4.25. The van der Waals surface area contributed by atoms with Crippen molar-refractivity contribution in [2.75, 3.05) is 26.5 Å². The molecule has 0 fully saturated rings. The fraction of sp³-hybridized carbons (Fsp3) is 0.296. The van der Waals surface area contributed by atoms with Gasteiger partial charge in [-0.2, -0.15) is 0 Å². The van der Waals surface area contributed by atoms with Gasteiger partial charge in [-0.05, 0) is 28.3 Å². The molecule has 0 heterocycles. The van der Waals surface area contributed by atoms with Gasteiger partial charge >= 0.3 is 12.1 Å². The number of ether oxygens (including phenoxy) is 3. The number of carbonyl (C=O) groups is 3. The van der Waals surface area contributed by atoms with E-state index in [4.69, 9.17) is 14.2 Å². The molecule has 8 nitrogen and oxygen atoms in total. The molecule has 2 aromatic rings. The van der Waals surface area contributed by atoms with Gasteiger partial charge in [0.15, 0.2) is 0 Å². The molecule has 1 unspecified atom stereocenters. The zero-order chi connectivity index (χ0) is 24.7. The number of hydrogen-bond acceptors (Lipinski definition) is 6. The van der Waals surface area contributed by atoms with Crippen molar-refractivity contribution in [1.82, 2.24) is 10.6 Å². The van der Waals surface area contributed by atoms with Crippen LogP contribution in [0.1, 0.15) is 30.4 Å². The number of hydrogen-bond donors (Lipinski definition) is 2. The largest absolute Gasteiger partial charge is 0.462 e. The second-order valence-corrected chi connectivity index (χ2v) is 8.40. The summed E-state index contributed by atoms with van der Waals surface area (Å²) in [6, 6.07) is 16.1. The summed E-state index contributed by atoms with van der Waals surface area (Å²) in [6.07, 6.45) is 7.18. The SMILES string of the molecule is CC(=O)OCC1(OCNC(=O)CNC(=O)OCC2c3ccccc3-c3ccccc32)C=CC=CC1. The van der Waals surface area contributed by atoms with E-state index in [1.165, 1.54) is 6.92 Å². The molecule has 2 aromatic carbocycles. The van der Waals surface area contributed by atoms with Gasteiger partial charge in [-0.3, -0.25) is 9.59 Å². The van der Waals surface area contributed by atoms with E-state index in [1.54, 1.807) is 12.2 Å². The third-order valence-corrected chi connectivity index (χ3v) is 6.00. The van der Waals surface area contributed by atoms with Gasteiger partial charge in [0, 0.05) is 19.3 Å². The number of rotatable bonds is 9. The summed E-state index contributed by atoms with van der Waals surface area (Å²) in [5.41, 5.74) is 3.68. The maximum Gasteiger partial charge on any atom is 0.407 e. The number of alkyl carbamates (subject to hydrolysis) is 1. The first-order chi connectivity index (χ1) is 17.0. The van der Waals surface area contributed by atoms with Crippen molar-refractivity contribution >= 4 is 18.0 Å². The Labute approximate surface area is 203 Å². The Morgan fingerprint density at radius 3 is 2.26 bits per heavy atom. The van der Waals surface area contributed by atoms with Crippen LogP contribution in [-0.2, 0) is 23.8 Å². The van der Waals surface area contributed by atoms with Gasteiger partial charge in [0.05, 0.1) is 0 Å². The molecule has 0 aliphatic heterocycles. The van der Waals surface area contributed by atoms with Crippen molar-refractivity contribution in [3.63, 3.8) is 0 Å². The number of allylic oxidation sites excluding steroid dienone is 2. The Hall–Kier alpha value is -3.91. The lowest BCUT2D eigenvalue weighted by Gasteiger charge is -2.30. The fourth-order valence-electron chi connectivity index (χ4n) is 4.25. The Kier molecular flexibility index (Phi) is 7.62. The van der Waals surface area contributed by atoms with E-state index >= 15 is 0 Å². The van der Waals surface area contributed by atoms with Crippen LogP contribution in [0, 0.1) is 0 Å². The maximum atomic E-state index is 12.2. The molecule has 0 aromatic heterocycles. The van der Waals surface area contributed by atoms with Crippen molar-refractivity contribution < 1.29 is 28.6 Å². The topological polar surface area (TPSA) is 103 Å². The number of carbonyl (C=O) groups excluding carboxylic acids is 3. The van der Waals surface area contributed by atoms with E-state index in [0.717, 1.165) is 22.3 Å². The average molecular weight is 477 g/mol. The highest BCUT2D eigenvalue weighted by Gasteiger charge is 2.30. The smallest absolute Gasteiger partial charge is 0.407 e. The van der Waals surface area contributed by atoms with Crippen molar-refractivity contribution in [2.45, 2.75) is 24.9 Å². The molecule has 2 aliphatic carbocycles. The van der Waals surface area contributed by atoms with Crippen molar-refractivity contribution in [1.29, 1.82) is 0 Å². The van der Waals surface area contributed by atoms with Gasteiger partial charge in [0.25, 0.3) is 0 Å². The summed E-state index contributed by atoms with van der Waals surface area (Å²) in [4.78, 5) is 35.6. The normalized spacial score (nSPS) is 17.9. The predicted octanol–water partition coefficient (Wildman–Crippen LogP) is 3.43. The molecule has 4 rings (SSSR count). The van der Waals surface area contributed by atoms with Crippen molar-refractivity contribution in [2.24, 2.45) is 0 Å². The van der Waals surface area contributed by atoms with E-state index in [9.17, 15) is 14.4 Å². The van der Waals surface area contributed by atoms with E-state index in [1.807, 2.05) is 48.6 Å². The molecule has 8 heteroatoms. The van der Waals surface area contributed by atoms with Gasteiger partial charge in [-0.25, -0.2) is 4.79 Å². The molecule has 2 N–H and O–H groups in total. The molecule has 1 atom stereocenters. The zero-order valence-electron chi connectivity index (χ0n) is 19.5. The van der Waals surface area contributed by atoms with Gasteiger partial charge in [0.2, 0.25) is 5.91 Å². The molecule has 0 saturated carbocycles. The van der Waals surface area contributed by atoms with Gasteiger partial charge in [0.1, 0.15) is 32.1 Å². The highest BCUT2D eigenvalue weighted by atomic mass is 16.6. The summed E-state index contributed by atoms with van der Waals surface area (Å²) in [5.74, 6) is -0.898. The molecule has 0 bridgehead atoms. The monoisotopic (exact) mass is 476 g/mol. The van der Waals surface area contributed by atoms with Gasteiger partial charge < -0.3 is 24.8 Å². The molecule has 0 spiro atoms. The third kappa shape index (κ3) is 5.96. The minimum absolute atomic E-state index is 0.0387. The number of benzene rings is 2. The lowest BCUT2D eigenvalue weighted by molar-refractivity contribution is -0.150. The van der Waals surface area contributed by atoms with Crippen LogP contribution in [0.2, 0.25) is 0 Å². The van der Waals surface area contributed by atoms with Gasteiger partial charge in [-0.15, -0.1) is 0 Å². The Balaban J connectivity index is 1.22. The first-order valence-electron chi connectivity index (χ1n) is 11.4. The first-order valence-corrected chi connectivity index (χ1v) is 11.4. The first kappa shape index (κ1) is 24.2.